The second-order valence-electron chi connectivity index (χ2n) is 5.65. The second-order valence-corrected chi connectivity index (χ2v) is 5.65. The van der Waals surface area contributed by atoms with E-state index in [2.05, 4.69) is 10.6 Å². The van der Waals surface area contributed by atoms with Gasteiger partial charge < -0.3 is 15.4 Å². The van der Waals surface area contributed by atoms with Crippen LogP contribution in [0.25, 0.3) is 0 Å². The third kappa shape index (κ3) is 6.67. The number of amides is 1. The molecule has 0 spiro atoms. The maximum absolute atomic E-state index is 11.9. The van der Waals surface area contributed by atoms with Crippen LogP contribution in [0.1, 0.15) is 29.3 Å². The molecule has 0 fully saturated rings. The second kappa shape index (κ2) is 10.1. The summed E-state index contributed by atoms with van der Waals surface area (Å²) in [7, 11) is 0. The number of esters is 1. The maximum atomic E-state index is 11.9. The Morgan fingerprint density at radius 1 is 1.00 bits per heavy atom. The number of benzene rings is 2. The van der Waals surface area contributed by atoms with E-state index >= 15 is 0 Å². The summed E-state index contributed by atoms with van der Waals surface area (Å²) in [5.41, 5.74) is 2.48. The Kier molecular flexibility index (Phi) is 7.50. The van der Waals surface area contributed by atoms with Gasteiger partial charge in [-0.1, -0.05) is 37.3 Å². The van der Waals surface area contributed by atoms with Crippen molar-refractivity contribution in [3.05, 3.63) is 65.7 Å². The summed E-state index contributed by atoms with van der Waals surface area (Å²) < 4.78 is 5.07. The molecule has 2 N–H and O–H groups in total. The fraction of sp³-hybridized carbons (Fsp3) is 0.300. The van der Waals surface area contributed by atoms with Gasteiger partial charge in [0.25, 0.3) is 0 Å². The molecule has 25 heavy (non-hydrogen) atoms. The molecule has 0 aromatic heterocycles. The van der Waals surface area contributed by atoms with Crippen LogP contribution in [0.4, 0.5) is 5.69 Å². The average molecular weight is 340 g/mol. The third-order valence-corrected chi connectivity index (χ3v) is 3.59. The predicted octanol–water partition coefficient (Wildman–Crippen LogP) is 3.02. The van der Waals surface area contributed by atoms with Crippen LogP contribution < -0.4 is 10.6 Å². The summed E-state index contributed by atoms with van der Waals surface area (Å²) in [5, 5.41) is 5.92. The predicted molar refractivity (Wildman–Crippen MR) is 98.7 cm³/mol. The van der Waals surface area contributed by atoms with Crippen molar-refractivity contribution in [3.63, 3.8) is 0 Å². The Balaban J connectivity index is 1.69. The monoisotopic (exact) mass is 340 g/mol. The zero-order valence-corrected chi connectivity index (χ0v) is 14.5. The molecular weight excluding hydrogens is 316 g/mol. The standard InChI is InChI=1S/C20H24N2O3/c1-2-14-25-20(24)17-8-10-18(11-9-17)22-15-19(23)21-13-12-16-6-4-3-5-7-16/h3-11,22H,2,12-15H2,1H3,(H,21,23). The topological polar surface area (TPSA) is 67.4 Å². The Hall–Kier alpha value is -2.82. The Labute approximate surface area is 148 Å². The first-order valence-electron chi connectivity index (χ1n) is 8.50. The molecule has 1 amide bonds. The van der Waals surface area contributed by atoms with Gasteiger partial charge in [0.05, 0.1) is 18.7 Å². The van der Waals surface area contributed by atoms with Crippen LogP contribution in [0.3, 0.4) is 0 Å². The zero-order valence-electron chi connectivity index (χ0n) is 14.5. The molecule has 5 nitrogen and oxygen atoms in total. The summed E-state index contributed by atoms with van der Waals surface area (Å²) in [4.78, 5) is 23.6. The minimum Gasteiger partial charge on any atom is -0.462 e. The molecule has 2 aromatic rings. The molecule has 2 rings (SSSR count). The number of nitrogens with one attached hydrogen (secondary N) is 2. The van der Waals surface area contributed by atoms with E-state index in [-0.39, 0.29) is 18.4 Å². The van der Waals surface area contributed by atoms with E-state index in [1.165, 1.54) is 5.56 Å². The van der Waals surface area contributed by atoms with Crippen molar-refractivity contribution in [3.8, 4) is 0 Å². The molecule has 0 unspecified atom stereocenters. The Morgan fingerprint density at radius 3 is 2.40 bits per heavy atom. The van der Waals surface area contributed by atoms with Gasteiger partial charge in [0.2, 0.25) is 5.91 Å². The molecule has 5 heteroatoms. The molecule has 0 aliphatic heterocycles. The number of anilines is 1. The minimum atomic E-state index is -0.327. The summed E-state index contributed by atoms with van der Waals surface area (Å²) >= 11 is 0. The minimum absolute atomic E-state index is 0.0673. The van der Waals surface area contributed by atoms with E-state index in [0.29, 0.717) is 18.7 Å². The summed E-state index contributed by atoms with van der Waals surface area (Å²) in [6.07, 6.45) is 1.60. The van der Waals surface area contributed by atoms with Crippen LogP contribution in [0.2, 0.25) is 0 Å². The Morgan fingerprint density at radius 2 is 1.72 bits per heavy atom. The van der Waals surface area contributed by atoms with Crippen molar-refractivity contribution in [1.82, 2.24) is 5.32 Å². The fourth-order valence-electron chi connectivity index (χ4n) is 2.24. The number of hydrogen-bond donors (Lipinski definition) is 2. The number of carbonyl (C=O) groups is 2. The number of hydrogen-bond acceptors (Lipinski definition) is 4. The van der Waals surface area contributed by atoms with Crippen molar-refractivity contribution in [2.45, 2.75) is 19.8 Å². The SMILES string of the molecule is CCCOC(=O)c1ccc(NCC(=O)NCCc2ccccc2)cc1. The number of carbonyl (C=O) groups excluding carboxylic acids is 2. The lowest BCUT2D eigenvalue weighted by Gasteiger charge is -2.09. The van der Waals surface area contributed by atoms with Crippen molar-refractivity contribution >= 4 is 17.6 Å². The molecule has 132 valence electrons. The molecule has 2 aromatic carbocycles. The molecule has 0 aliphatic rings. The number of rotatable bonds is 9. The van der Waals surface area contributed by atoms with Gasteiger partial charge in [-0.2, -0.15) is 0 Å². The van der Waals surface area contributed by atoms with Crippen LogP contribution in [0.5, 0.6) is 0 Å². The van der Waals surface area contributed by atoms with Crippen LogP contribution in [-0.2, 0) is 16.0 Å². The Bertz CT molecular complexity index is 669. The van der Waals surface area contributed by atoms with Gasteiger partial charge >= 0.3 is 5.97 Å². The smallest absolute Gasteiger partial charge is 0.338 e. The highest BCUT2D eigenvalue weighted by molar-refractivity contribution is 5.90. The van der Waals surface area contributed by atoms with Crippen molar-refractivity contribution in [2.75, 3.05) is 25.0 Å². The number of ether oxygens (including phenoxy) is 1. The van der Waals surface area contributed by atoms with Gasteiger partial charge in [-0.15, -0.1) is 0 Å². The van der Waals surface area contributed by atoms with Gasteiger partial charge in [0, 0.05) is 12.2 Å². The molecule has 0 atom stereocenters. The molecule has 0 bridgehead atoms. The summed E-state index contributed by atoms with van der Waals surface area (Å²) in [6, 6.07) is 16.9. The molecule has 0 heterocycles. The van der Waals surface area contributed by atoms with Crippen molar-refractivity contribution in [2.24, 2.45) is 0 Å². The lowest BCUT2D eigenvalue weighted by Crippen LogP contribution is -2.31. The van der Waals surface area contributed by atoms with E-state index < -0.39 is 0 Å². The molecule has 0 saturated carbocycles. The summed E-state index contributed by atoms with van der Waals surface area (Å²) in [6.45, 7) is 3.16. The van der Waals surface area contributed by atoms with Gasteiger partial charge in [-0.3, -0.25) is 4.79 Å². The van der Waals surface area contributed by atoms with Gasteiger partial charge in [0.1, 0.15) is 0 Å². The highest BCUT2D eigenvalue weighted by Crippen LogP contribution is 2.10. The normalized spacial score (nSPS) is 10.1. The van der Waals surface area contributed by atoms with E-state index in [9.17, 15) is 9.59 Å². The zero-order chi connectivity index (χ0) is 17.9. The first-order chi connectivity index (χ1) is 12.2. The molecular formula is C20H24N2O3. The van der Waals surface area contributed by atoms with E-state index in [0.717, 1.165) is 18.5 Å². The highest BCUT2D eigenvalue weighted by Gasteiger charge is 2.06. The lowest BCUT2D eigenvalue weighted by atomic mass is 10.1. The maximum Gasteiger partial charge on any atom is 0.338 e. The lowest BCUT2D eigenvalue weighted by molar-refractivity contribution is -0.119. The first-order valence-corrected chi connectivity index (χ1v) is 8.50. The van der Waals surface area contributed by atoms with E-state index in [1.54, 1.807) is 24.3 Å². The molecule has 0 aliphatic carbocycles. The highest BCUT2D eigenvalue weighted by atomic mass is 16.5. The van der Waals surface area contributed by atoms with Crippen LogP contribution in [0.15, 0.2) is 54.6 Å². The van der Waals surface area contributed by atoms with Crippen LogP contribution in [0, 0.1) is 0 Å². The van der Waals surface area contributed by atoms with Crippen molar-refractivity contribution < 1.29 is 14.3 Å². The fourth-order valence-corrected chi connectivity index (χ4v) is 2.24. The van der Waals surface area contributed by atoms with E-state index in [1.807, 2.05) is 37.3 Å². The van der Waals surface area contributed by atoms with E-state index in [4.69, 9.17) is 4.74 Å². The third-order valence-electron chi connectivity index (χ3n) is 3.59. The van der Waals surface area contributed by atoms with Crippen molar-refractivity contribution in [1.29, 1.82) is 0 Å². The van der Waals surface area contributed by atoms with Crippen LogP contribution in [-0.4, -0.2) is 31.6 Å². The quantitative estimate of drug-likeness (QED) is 0.689. The largest absolute Gasteiger partial charge is 0.462 e. The van der Waals surface area contributed by atoms with Crippen LogP contribution >= 0.6 is 0 Å². The first kappa shape index (κ1) is 18.5. The molecule has 0 radical (unpaired) electrons. The summed E-state index contributed by atoms with van der Waals surface area (Å²) in [5.74, 6) is -0.394. The van der Waals surface area contributed by atoms with Gasteiger partial charge in [-0.25, -0.2) is 4.79 Å². The average Bonchev–Trinajstić information content (AvgIpc) is 2.65. The van der Waals surface area contributed by atoms with Gasteiger partial charge in [-0.05, 0) is 42.7 Å². The molecule has 0 saturated heterocycles. The van der Waals surface area contributed by atoms with Gasteiger partial charge in [0.15, 0.2) is 0 Å².